The summed E-state index contributed by atoms with van der Waals surface area (Å²) in [6.07, 6.45) is 4.38. The van der Waals surface area contributed by atoms with Gasteiger partial charge in [-0.3, -0.25) is 9.78 Å². The van der Waals surface area contributed by atoms with Crippen LogP contribution in [0.1, 0.15) is 15.9 Å². The van der Waals surface area contributed by atoms with Crippen molar-refractivity contribution in [3.8, 4) is 11.4 Å². The second-order valence-electron chi connectivity index (χ2n) is 6.51. The molecule has 0 unspecified atom stereocenters. The second kappa shape index (κ2) is 9.30. The molecule has 0 saturated heterocycles. The lowest BCUT2D eigenvalue weighted by atomic mass is 10.1. The fourth-order valence-electron chi connectivity index (χ4n) is 3.03. The van der Waals surface area contributed by atoms with Crippen LogP contribution in [0.25, 0.3) is 11.4 Å². The number of hydrogen-bond donors (Lipinski definition) is 0. The summed E-state index contributed by atoms with van der Waals surface area (Å²) in [5.74, 6) is 1.17. The third-order valence-electron chi connectivity index (χ3n) is 4.53. The van der Waals surface area contributed by atoms with Gasteiger partial charge in [0, 0.05) is 30.1 Å². The van der Waals surface area contributed by atoms with Crippen LogP contribution in [-0.2, 0) is 13.0 Å². The topological polar surface area (TPSA) is 60.7 Å². The van der Waals surface area contributed by atoms with Crippen molar-refractivity contribution in [2.75, 3.05) is 5.75 Å². The standard InChI is InChI=1S/C23H20N4OS/c28-21(19-10-5-2-6-11-19)17-29-23-26-25-22(20-12-7-14-24-16-20)27(23)15-13-18-8-3-1-4-9-18/h1-12,14,16H,13,15,17H2. The Hall–Kier alpha value is -3.25. The monoisotopic (exact) mass is 400 g/mol. The molecule has 0 saturated carbocycles. The van der Waals surface area contributed by atoms with E-state index in [1.807, 2.05) is 60.7 Å². The van der Waals surface area contributed by atoms with E-state index in [9.17, 15) is 4.79 Å². The molecule has 0 fully saturated rings. The van der Waals surface area contributed by atoms with E-state index in [0.717, 1.165) is 29.5 Å². The van der Waals surface area contributed by atoms with Crippen molar-refractivity contribution < 1.29 is 4.79 Å². The molecule has 0 N–H and O–H groups in total. The van der Waals surface area contributed by atoms with Crippen LogP contribution in [-0.4, -0.2) is 31.3 Å². The van der Waals surface area contributed by atoms with Crippen molar-refractivity contribution in [2.24, 2.45) is 0 Å². The van der Waals surface area contributed by atoms with Crippen molar-refractivity contribution in [1.82, 2.24) is 19.7 Å². The number of ketones is 1. The van der Waals surface area contributed by atoms with Crippen LogP contribution < -0.4 is 0 Å². The maximum atomic E-state index is 12.5. The average Bonchev–Trinajstić information content (AvgIpc) is 3.20. The van der Waals surface area contributed by atoms with Gasteiger partial charge in [0.05, 0.1) is 5.75 Å². The van der Waals surface area contributed by atoms with Crippen molar-refractivity contribution >= 4 is 17.5 Å². The number of aromatic nitrogens is 4. The first kappa shape index (κ1) is 19.1. The Kier molecular flexibility index (Phi) is 6.12. The molecule has 144 valence electrons. The maximum absolute atomic E-state index is 12.5. The molecule has 0 aliphatic heterocycles. The first-order valence-electron chi connectivity index (χ1n) is 9.40. The van der Waals surface area contributed by atoms with Crippen LogP contribution in [0.3, 0.4) is 0 Å². The predicted molar refractivity (Wildman–Crippen MR) is 115 cm³/mol. The number of carbonyl (C=O) groups is 1. The van der Waals surface area contributed by atoms with Gasteiger partial charge in [0.1, 0.15) is 0 Å². The van der Waals surface area contributed by atoms with Crippen LogP contribution >= 0.6 is 11.8 Å². The summed E-state index contributed by atoms with van der Waals surface area (Å²) in [5.41, 5.74) is 2.87. The van der Waals surface area contributed by atoms with Gasteiger partial charge in [-0.25, -0.2) is 0 Å². The van der Waals surface area contributed by atoms with Crippen molar-refractivity contribution in [2.45, 2.75) is 18.1 Å². The number of aryl methyl sites for hydroxylation is 1. The predicted octanol–water partition coefficient (Wildman–Crippen LogP) is 4.56. The molecule has 0 aliphatic carbocycles. The number of pyridine rings is 1. The number of carbonyl (C=O) groups excluding carboxylic acids is 1. The molecule has 0 atom stereocenters. The molecule has 2 aromatic heterocycles. The minimum absolute atomic E-state index is 0.0798. The molecule has 0 radical (unpaired) electrons. The molecule has 4 aromatic rings. The number of benzene rings is 2. The Bertz CT molecular complexity index is 1070. The van der Waals surface area contributed by atoms with E-state index >= 15 is 0 Å². The Balaban J connectivity index is 1.56. The van der Waals surface area contributed by atoms with Gasteiger partial charge in [0.2, 0.25) is 0 Å². The smallest absolute Gasteiger partial charge is 0.191 e. The molecule has 5 nitrogen and oxygen atoms in total. The molecule has 0 spiro atoms. The van der Waals surface area contributed by atoms with Gasteiger partial charge in [0.15, 0.2) is 16.8 Å². The van der Waals surface area contributed by atoms with Gasteiger partial charge in [-0.1, -0.05) is 72.4 Å². The molecule has 29 heavy (non-hydrogen) atoms. The minimum atomic E-state index is 0.0798. The highest BCUT2D eigenvalue weighted by atomic mass is 32.2. The Morgan fingerprint density at radius 1 is 0.897 bits per heavy atom. The normalized spacial score (nSPS) is 10.8. The number of rotatable bonds is 8. The number of thioether (sulfide) groups is 1. The highest BCUT2D eigenvalue weighted by Gasteiger charge is 2.16. The Morgan fingerprint density at radius 3 is 2.38 bits per heavy atom. The highest BCUT2D eigenvalue weighted by Crippen LogP contribution is 2.24. The van der Waals surface area contributed by atoms with Crippen molar-refractivity contribution in [3.63, 3.8) is 0 Å². The summed E-state index contributed by atoms with van der Waals surface area (Å²) in [7, 11) is 0. The van der Waals surface area contributed by atoms with Gasteiger partial charge in [0.25, 0.3) is 0 Å². The van der Waals surface area contributed by atoms with Crippen molar-refractivity contribution in [3.05, 3.63) is 96.3 Å². The molecule has 2 aromatic carbocycles. The second-order valence-corrected chi connectivity index (χ2v) is 7.46. The first-order chi connectivity index (χ1) is 14.3. The zero-order valence-electron chi connectivity index (χ0n) is 15.8. The van der Waals surface area contributed by atoms with Crippen LogP contribution in [0.5, 0.6) is 0 Å². The summed E-state index contributed by atoms with van der Waals surface area (Å²) >= 11 is 1.42. The third-order valence-corrected chi connectivity index (χ3v) is 5.50. The van der Waals surface area contributed by atoms with E-state index in [1.54, 1.807) is 12.4 Å². The molecule has 6 heteroatoms. The van der Waals surface area contributed by atoms with Crippen molar-refractivity contribution in [1.29, 1.82) is 0 Å². The van der Waals surface area contributed by atoms with Crippen LogP contribution in [0.4, 0.5) is 0 Å². The van der Waals surface area contributed by atoms with E-state index in [1.165, 1.54) is 17.3 Å². The van der Waals surface area contributed by atoms with Gasteiger partial charge in [-0.15, -0.1) is 10.2 Å². The Morgan fingerprint density at radius 2 is 1.66 bits per heavy atom. The summed E-state index contributed by atoms with van der Waals surface area (Å²) in [5, 5.41) is 9.50. The molecule has 0 bridgehead atoms. The van der Waals surface area contributed by atoms with E-state index in [4.69, 9.17) is 0 Å². The summed E-state index contributed by atoms with van der Waals surface area (Å²) in [6.45, 7) is 0.725. The van der Waals surface area contributed by atoms with E-state index in [-0.39, 0.29) is 5.78 Å². The third kappa shape index (κ3) is 4.78. The van der Waals surface area contributed by atoms with Crippen LogP contribution in [0.2, 0.25) is 0 Å². The SMILES string of the molecule is O=C(CSc1nnc(-c2cccnc2)n1CCc1ccccc1)c1ccccc1. The molecule has 4 rings (SSSR count). The molecular weight excluding hydrogens is 380 g/mol. The average molecular weight is 401 g/mol. The molecular formula is C23H20N4OS. The minimum Gasteiger partial charge on any atom is -0.302 e. The lowest BCUT2D eigenvalue weighted by Crippen LogP contribution is -2.08. The fraction of sp³-hybridized carbons (Fsp3) is 0.130. The van der Waals surface area contributed by atoms with Gasteiger partial charge in [-0.2, -0.15) is 0 Å². The number of hydrogen-bond acceptors (Lipinski definition) is 5. The zero-order chi connectivity index (χ0) is 19.9. The van der Waals surface area contributed by atoms with Gasteiger partial charge in [-0.05, 0) is 24.1 Å². The lowest BCUT2D eigenvalue weighted by molar-refractivity contribution is 0.102. The Labute approximate surface area is 173 Å². The quantitative estimate of drug-likeness (QED) is 0.321. The summed E-state index contributed by atoms with van der Waals surface area (Å²) < 4.78 is 2.08. The maximum Gasteiger partial charge on any atom is 0.191 e. The summed E-state index contributed by atoms with van der Waals surface area (Å²) in [4.78, 5) is 16.7. The van der Waals surface area contributed by atoms with Crippen LogP contribution in [0, 0.1) is 0 Å². The summed E-state index contributed by atoms with van der Waals surface area (Å²) in [6, 6.07) is 23.5. The lowest BCUT2D eigenvalue weighted by Gasteiger charge is -2.10. The van der Waals surface area contributed by atoms with E-state index in [2.05, 4.69) is 31.9 Å². The number of nitrogens with zero attached hydrogens (tertiary/aromatic N) is 4. The van der Waals surface area contributed by atoms with Gasteiger partial charge < -0.3 is 4.57 Å². The fourth-order valence-corrected chi connectivity index (χ4v) is 3.89. The molecule has 2 heterocycles. The zero-order valence-corrected chi connectivity index (χ0v) is 16.6. The van der Waals surface area contributed by atoms with Crippen LogP contribution in [0.15, 0.2) is 90.3 Å². The highest BCUT2D eigenvalue weighted by molar-refractivity contribution is 7.99. The molecule has 0 aliphatic rings. The molecule has 0 amide bonds. The largest absolute Gasteiger partial charge is 0.302 e. The number of Topliss-reactive ketones (excluding diaryl/α,β-unsaturated/α-hetero) is 1. The van der Waals surface area contributed by atoms with E-state index in [0.29, 0.717) is 11.3 Å². The first-order valence-corrected chi connectivity index (χ1v) is 10.4. The van der Waals surface area contributed by atoms with E-state index < -0.39 is 0 Å². The van der Waals surface area contributed by atoms with Gasteiger partial charge >= 0.3 is 0 Å².